The van der Waals surface area contributed by atoms with Gasteiger partial charge in [0, 0.05) is 62.0 Å². The number of likely N-dealkylation sites (N-methyl/N-ethyl adjacent to an activating group) is 2. The molecule has 47 heavy (non-hydrogen) atoms. The molecule has 1 N–H and O–H groups in total. The summed E-state index contributed by atoms with van der Waals surface area (Å²) in [5.74, 6) is -3.07. The third kappa shape index (κ3) is 7.25. The van der Waals surface area contributed by atoms with Crippen LogP contribution in [0.25, 0.3) is 0 Å². The average molecular weight is 673 g/mol. The summed E-state index contributed by atoms with van der Waals surface area (Å²) in [7, 11) is 5.22. The molecule has 0 radical (unpaired) electrons. The molecule has 3 aromatic rings. The van der Waals surface area contributed by atoms with Crippen LogP contribution in [0.5, 0.6) is 0 Å². The maximum absolute atomic E-state index is 15.5. The van der Waals surface area contributed by atoms with Crippen molar-refractivity contribution in [3.8, 4) is 0 Å². The largest absolute Gasteiger partial charge is 0.416 e. The van der Waals surface area contributed by atoms with Crippen LogP contribution >= 0.6 is 11.6 Å². The first-order chi connectivity index (χ1) is 22.1. The molecule has 1 fully saturated rings. The SMILES string of the molecule is Cc1cc(C(F)(F)F)cc(N2C(=O)C[C@@H]3CN(Cc4ccc(NC(=O)/C=C/CN(C)C)cc4F)c4c(Cl)cccc4N(C)C(=O)[C@H]32)n1. The molecule has 1 saturated heterocycles. The number of benzene rings is 2. The molecule has 0 saturated carbocycles. The second-order valence-corrected chi connectivity index (χ2v) is 12.3. The summed E-state index contributed by atoms with van der Waals surface area (Å²) in [6.45, 7) is 1.97. The van der Waals surface area contributed by atoms with E-state index in [2.05, 4.69) is 10.3 Å². The van der Waals surface area contributed by atoms with Gasteiger partial charge in [0.25, 0.3) is 0 Å². The Morgan fingerprint density at radius 1 is 1.15 bits per heavy atom. The van der Waals surface area contributed by atoms with Crippen molar-refractivity contribution in [1.82, 2.24) is 9.88 Å². The number of hydrogen-bond acceptors (Lipinski definition) is 6. The smallest absolute Gasteiger partial charge is 0.364 e. The second-order valence-electron chi connectivity index (χ2n) is 11.9. The molecule has 0 bridgehead atoms. The van der Waals surface area contributed by atoms with E-state index in [4.69, 9.17) is 11.6 Å². The fourth-order valence-corrected chi connectivity index (χ4v) is 6.21. The van der Waals surface area contributed by atoms with Crippen LogP contribution < -0.4 is 20.0 Å². The lowest BCUT2D eigenvalue weighted by Crippen LogP contribution is -2.52. The van der Waals surface area contributed by atoms with E-state index in [0.717, 1.165) is 17.0 Å². The van der Waals surface area contributed by atoms with E-state index in [1.165, 1.54) is 37.1 Å². The van der Waals surface area contributed by atoms with E-state index in [0.29, 0.717) is 17.9 Å². The Kier molecular flexibility index (Phi) is 9.60. The van der Waals surface area contributed by atoms with Crippen LogP contribution in [0.1, 0.15) is 23.2 Å². The topological polar surface area (TPSA) is 89.1 Å². The lowest BCUT2D eigenvalue weighted by molar-refractivity contribution is -0.137. The molecule has 5 rings (SSSR count). The zero-order valence-electron chi connectivity index (χ0n) is 26.1. The van der Waals surface area contributed by atoms with Crippen LogP contribution in [0.2, 0.25) is 5.02 Å². The molecule has 2 atom stereocenters. The Hall–Kier alpha value is -4.49. The van der Waals surface area contributed by atoms with Gasteiger partial charge < -0.3 is 20.0 Å². The Bertz CT molecular complexity index is 1750. The molecule has 1 aromatic heterocycles. The highest BCUT2D eigenvalue weighted by atomic mass is 35.5. The highest BCUT2D eigenvalue weighted by molar-refractivity contribution is 6.34. The number of aryl methyl sites for hydroxylation is 1. The van der Waals surface area contributed by atoms with Gasteiger partial charge in [0.1, 0.15) is 17.7 Å². The van der Waals surface area contributed by atoms with E-state index < -0.39 is 47.2 Å². The van der Waals surface area contributed by atoms with Crippen molar-refractivity contribution < 1.29 is 31.9 Å². The van der Waals surface area contributed by atoms with Crippen molar-refractivity contribution in [2.24, 2.45) is 5.92 Å². The Morgan fingerprint density at radius 2 is 1.89 bits per heavy atom. The van der Waals surface area contributed by atoms with Crippen molar-refractivity contribution in [3.63, 3.8) is 0 Å². The predicted octanol–water partition coefficient (Wildman–Crippen LogP) is 5.66. The van der Waals surface area contributed by atoms with Gasteiger partial charge in [0.2, 0.25) is 17.7 Å². The minimum atomic E-state index is -4.69. The fraction of sp³-hybridized carbons (Fsp3) is 0.333. The van der Waals surface area contributed by atoms with Crippen LogP contribution in [0.4, 0.5) is 40.4 Å². The lowest BCUT2D eigenvalue weighted by atomic mass is 9.95. The van der Waals surface area contributed by atoms with E-state index in [-0.39, 0.29) is 47.3 Å². The molecule has 0 aliphatic carbocycles. The highest BCUT2D eigenvalue weighted by Crippen LogP contribution is 2.43. The lowest BCUT2D eigenvalue weighted by Gasteiger charge is -2.39. The van der Waals surface area contributed by atoms with Gasteiger partial charge in [-0.15, -0.1) is 0 Å². The number of rotatable bonds is 7. The molecule has 9 nitrogen and oxygen atoms in total. The monoisotopic (exact) mass is 672 g/mol. The third-order valence-electron chi connectivity index (χ3n) is 8.05. The minimum absolute atomic E-state index is 0.0279. The summed E-state index contributed by atoms with van der Waals surface area (Å²) in [6, 6.07) is 9.68. The molecule has 3 heterocycles. The quantitative estimate of drug-likeness (QED) is 0.258. The molecule has 2 aliphatic rings. The number of aromatic nitrogens is 1. The summed E-state index contributed by atoms with van der Waals surface area (Å²) >= 11 is 6.67. The first kappa shape index (κ1) is 33.9. The first-order valence-corrected chi connectivity index (χ1v) is 15.1. The van der Waals surface area contributed by atoms with Crippen LogP contribution in [0.15, 0.2) is 60.7 Å². The Balaban J connectivity index is 1.49. The van der Waals surface area contributed by atoms with Crippen LogP contribution in [0, 0.1) is 18.7 Å². The molecule has 248 valence electrons. The van der Waals surface area contributed by atoms with Crippen molar-refractivity contribution in [3.05, 3.63) is 88.3 Å². The second kappa shape index (κ2) is 13.3. The zero-order valence-corrected chi connectivity index (χ0v) is 26.9. The van der Waals surface area contributed by atoms with E-state index >= 15 is 4.39 Å². The van der Waals surface area contributed by atoms with Crippen molar-refractivity contribution >= 4 is 52.2 Å². The van der Waals surface area contributed by atoms with Crippen LogP contribution in [0.3, 0.4) is 0 Å². The summed E-state index contributed by atoms with van der Waals surface area (Å²) in [5, 5.41) is 2.91. The third-order valence-corrected chi connectivity index (χ3v) is 8.35. The van der Waals surface area contributed by atoms with Gasteiger partial charge in [-0.05, 0) is 57.4 Å². The van der Waals surface area contributed by atoms with E-state index in [1.807, 2.05) is 19.0 Å². The number of alkyl halides is 3. The molecule has 2 aromatic carbocycles. The highest BCUT2D eigenvalue weighted by Gasteiger charge is 2.49. The number of amides is 3. The number of nitrogens with zero attached hydrogens (tertiary/aromatic N) is 5. The Labute approximate surface area is 274 Å². The number of carbonyl (C=O) groups is 3. The standard InChI is InChI=1S/C33H33ClF4N6O3/c1-19-13-22(33(36,37)38)15-27(39-19)44-29(46)14-21-18-43(31-24(34)7-5-8-26(31)42(4)32(47)30(21)44)17-20-10-11-23(16-25(20)35)40-28(45)9-6-12-41(2)3/h5-11,13,15-16,21,30H,12,14,17-18H2,1-4H3,(H,40,45)/b9-6+/t21-,30+/m1/s1. The van der Waals surface area contributed by atoms with Crippen molar-refractivity contribution in [1.29, 1.82) is 0 Å². The van der Waals surface area contributed by atoms with Gasteiger partial charge in [-0.25, -0.2) is 9.37 Å². The van der Waals surface area contributed by atoms with Gasteiger partial charge in [0.15, 0.2) is 0 Å². The van der Waals surface area contributed by atoms with Crippen molar-refractivity contribution in [2.45, 2.75) is 32.1 Å². The van der Waals surface area contributed by atoms with E-state index in [1.54, 1.807) is 35.2 Å². The number of anilines is 4. The number of carbonyl (C=O) groups excluding carboxylic acids is 3. The summed E-state index contributed by atoms with van der Waals surface area (Å²) < 4.78 is 56.6. The molecule has 14 heteroatoms. The van der Waals surface area contributed by atoms with Crippen molar-refractivity contribution in [2.75, 3.05) is 54.2 Å². The van der Waals surface area contributed by atoms with Crippen LogP contribution in [-0.4, -0.2) is 67.9 Å². The van der Waals surface area contributed by atoms with Gasteiger partial charge in [-0.3, -0.25) is 19.3 Å². The van der Waals surface area contributed by atoms with Gasteiger partial charge in [-0.2, -0.15) is 13.2 Å². The zero-order chi connectivity index (χ0) is 34.2. The Morgan fingerprint density at radius 3 is 2.57 bits per heavy atom. The first-order valence-electron chi connectivity index (χ1n) is 14.7. The summed E-state index contributed by atoms with van der Waals surface area (Å²) in [6.07, 6.45) is -1.81. The molecule has 0 spiro atoms. The molecule has 2 aliphatic heterocycles. The molecular weight excluding hydrogens is 640 g/mol. The number of nitrogens with one attached hydrogen (secondary N) is 1. The van der Waals surface area contributed by atoms with Gasteiger partial charge in [-0.1, -0.05) is 29.8 Å². The average Bonchev–Trinajstić information content (AvgIpc) is 3.30. The fourth-order valence-electron chi connectivity index (χ4n) is 5.92. The number of halogens is 5. The number of fused-ring (bicyclic) bond motifs is 2. The number of hydrogen-bond donors (Lipinski definition) is 1. The molecule has 3 amide bonds. The summed E-state index contributed by atoms with van der Waals surface area (Å²) in [4.78, 5) is 50.0. The van der Waals surface area contributed by atoms with Crippen LogP contribution in [-0.2, 0) is 27.1 Å². The maximum Gasteiger partial charge on any atom is 0.416 e. The minimum Gasteiger partial charge on any atom is -0.364 e. The van der Waals surface area contributed by atoms with Gasteiger partial charge in [0.05, 0.1) is 22.0 Å². The molecule has 0 unspecified atom stereocenters. The molecular formula is C33H33ClF4N6O3. The normalized spacial score (nSPS) is 18.5. The number of para-hydroxylation sites is 1. The van der Waals surface area contributed by atoms with Gasteiger partial charge >= 0.3 is 6.18 Å². The maximum atomic E-state index is 15.5. The number of pyridine rings is 1. The summed E-state index contributed by atoms with van der Waals surface area (Å²) in [5.41, 5.74) is 0.368. The predicted molar refractivity (Wildman–Crippen MR) is 172 cm³/mol. The van der Waals surface area contributed by atoms with E-state index in [9.17, 15) is 27.6 Å².